The smallest absolute Gasteiger partial charge is 0.266 e. The first-order valence-corrected chi connectivity index (χ1v) is 10.1. The number of nitrogens with one attached hydrogen (secondary N) is 1. The molecule has 1 unspecified atom stereocenters. The normalized spacial score (nSPS) is 17.7. The van der Waals surface area contributed by atoms with Gasteiger partial charge in [0.1, 0.15) is 17.4 Å². The van der Waals surface area contributed by atoms with Crippen molar-refractivity contribution in [1.29, 1.82) is 5.26 Å². The minimum absolute atomic E-state index is 0.0676. The van der Waals surface area contributed by atoms with Gasteiger partial charge in [0, 0.05) is 30.0 Å². The summed E-state index contributed by atoms with van der Waals surface area (Å²) in [6, 6.07) is 13.4. The van der Waals surface area contributed by atoms with Gasteiger partial charge in [-0.15, -0.1) is 0 Å². The van der Waals surface area contributed by atoms with Crippen LogP contribution in [-0.2, 0) is 4.79 Å². The van der Waals surface area contributed by atoms with Gasteiger partial charge in [0.2, 0.25) is 0 Å². The number of aryl methyl sites for hydroxylation is 1. The summed E-state index contributed by atoms with van der Waals surface area (Å²) in [6.07, 6.45) is 2.72. The number of carbonyl (C=O) groups excluding carboxylic acids is 1. The van der Waals surface area contributed by atoms with Crippen molar-refractivity contribution in [3.63, 3.8) is 0 Å². The van der Waals surface area contributed by atoms with Crippen LogP contribution in [0.2, 0.25) is 0 Å². The van der Waals surface area contributed by atoms with E-state index in [2.05, 4.69) is 50.2 Å². The number of hydrogen-bond donors (Lipinski definition) is 1. The predicted octanol–water partition coefficient (Wildman–Crippen LogP) is 5.27. The highest BCUT2D eigenvalue weighted by Crippen LogP contribution is 2.43. The molecular weight excluding hydrogens is 374 g/mol. The minimum atomic E-state index is -0.436. The zero-order valence-electron chi connectivity index (χ0n) is 18.5. The fourth-order valence-electron chi connectivity index (χ4n) is 4.09. The van der Waals surface area contributed by atoms with Gasteiger partial charge < -0.3 is 15.0 Å². The lowest BCUT2D eigenvalue weighted by molar-refractivity contribution is -0.112. The molecule has 5 heteroatoms. The highest BCUT2D eigenvalue weighted by atomic mass is 16.5. The number of nitrogens with zero attached hydrogens (tertiary/aromatic N) is 2. The van der Waals surface area contributed by atoms with Gasteiger partial charge in [-0.1, -0.05) is 13.0 Å². The highest BCUT2D eigenvalue weighted by Gasteiger charge is 2.34. The van der Waals surface area contributed by atoms with Gasteiger partial charge in [0.15, 0.2) is 0 Å². The molecule has 2 aromatic carbocycles. The summed E-state index contributed by atoms with van der Waals surface area (Å²) in [7, 11) is 3.70. The average molecular weight is 404 g/mol. The number of benzene rings is 2. The number of amides is 1. The van der Waals surface area contributed by atoms with Gasteiger partial charge in [-0.05, 0) is 80.1 Å². The average Bonchev–Trinajstić information content (AvgIpc) is 2.70. The molecule has 30 heavy (non-hydrogen) atoms. The van der Waals surface area contributed by atoms with Crippen LogP contribution in [-0.4, -0.2) is 25.6 Å². The number of nitriles is 1. The van der Waals surface area contributed by atoms with E-state index >= 15 is 0 Å². The molecule has 0 saturated carbocycles. The van der Waals surface area contributed by atoms with E-state index in [9.17, 15) is 10.1 Å². The van der Waals surface area contributed by atoms with E-state index in [1.165, 1.54) is 11.3 Å². The van der Waals surface area contributed by atoms with Crippen LogP contribution >= 0.6 is 0 Å². The van der Waals surface area contributed by atoms with E-state index in [0.717, 1.165) is 17.5 Å². The maximum Gasteiger partial charge on any atom is 0.266 e. The van der Waals surface area contributed by atoms with Crippen molar-refractivity contribution in [2.75, 3.05) is 24.4 Å². The van der Waals surface area contributed by atoms with Gasteiger partial charge in [-0.25, -0.2) is 0 Å². The summed E-state index contributed by atoms with van der Waals surface area (Å²) in [6.45, 7) is 8.76. The molecule has 0 spiro atoms. The lowest BCUT2D eigenvalue weighted by Crippen LogP contribution is -2.45. The molecule has 5 nitrogen and oxygen atoms in total. The maximum atomic E-state index is 12.7. The Balaban J connectivity index is 1.93. The summed E-state index contributed by atoms with van der Waals surface area (Å²) in [5, 5.41) is 12.4. The van der Waals surface area contributed by atoms with Gasteiger partial charge in [0.25, 0.3) is 5.91 Å². The number of ether oxygens (including phenoxy) is 1. The van der Waals surface area contributed by atoms with E-state index in [0.29, 0.717) is 17.4 Å². The molecule has 1 atom stereocenters. The SMILES string of the molecule is COc1cccc(NC(=O)/C(C#N)=C\c2cc3c(cc2C)N(C)C(C)(C)CC3C)c1. The first kappa shape index (κ1) is 21.4. The third-order valence-electron chi connectivity index (χ3n) is 6.01. The van der Waals surface area contributed by atoms with Crippen molar-refractivity contribution < 1.29 is 9.53 Å². The first-order chi connectivity index (χ1) is 14.2. The Morgan fingerprint density at radius 1 is 1.33 bits per heavy atom. The van der Waals surface area contributed by atoms with Crippen molar-refractivity contribution in [3.8, 4) is 11.8 Å². The number of rotatable bonds is 4. The number of carbonyl (C=O) groups is 1. The molecule has 0 aromatic heterocycles. The number of hydrogen-bond acceptors (Lipinski definition) is 4. The minimum Gasteiger partial charge on any atom is -0.497 e. The molecule has 1 heterocycles. The molecule has 1 aliphatic heterocycles. The van der Waals surface area contributed by atoms with Gasteiger partial charge in [-0.2, -0.15) is 5.26 Å². The van der Waals surface area contributed by atoms with E-state index in [4.69, 9.17) is 4.74 Å². The van der Waals surface area contributed by atoms with Crippen LogP contribution in [0.5, 0.6) is 5.75 Å². The second-order valence-corrected chi connectivity index (χ2v) is 8.60. The van der Waals surface area contributed by atoms with Crippen LogP contribution in [0.3, 0.4) is 0 Å². The predicted molar refractivity (Wildman–Crippen MR) is 122 cm³/mol. The van der Waals surface area contributed by atoms with Gasteiger partial charge in [-0.3, -0.25) is 4.79 Å². The molecule has 1 N–H and O–H groups in total. The van der Waals surface area contributed by atoms with Crippen molar-refractivity contribution in [1.82, 2.24) is 0 Å². The Hall–Kier alpha value is -3.26. The van der Waals surface area contributed by atoms with Crippen molar-refractivity contribution >= 4 is 23.4 Å². The van der Waals surface area contributed by atoms with Crippen LogP contribution in [0.15, 0.2) is 42.0 Å². The van der Waals surface area contributed by atoms with Gasteiger partial charge in [0.05, 0.1) is 7.11 Å². The highest BCUT2D eigenvalue weighted by molar-refractivity contribution is 6.09. The molecule has 0 radical (unpaired) electrons. The summed E-state index contributed by atoms with van der Waals surface area (Å²) < 4.78 is 5.19. The summed E-state index contributed by atoms with van der Waals surface area (Å²) in [4.78, 5) is 15.0. The van der Waals surface area contributed by atoms with Crippen molar-refractivity contribution in [2.24, 2.45) is 0 Å². The lowest BCUT2D eigenvalue weighted by Gasteiger charge is -2.45. The van der Waals surface area contributed by atoms with Crippen LogP contribution in [0, 0.1) is 18.3 Å². The standard InChI is InChI=1S/C25H29N3O2/c1-16-10-23-22(17(2)14-25(3,4)28(23)5)12-18(16)11-19(15-26)24(29)27-20-8-7-9-21(13-20)30-6/h7-13,17H,14H2,1-6H3,(H,27,29)/b19-11-. The summed E-state index contributed by atoms with van der Waals surface area (Å²) in [5.74, 6) is 0.603. The number of fused-ring (bicyclic) bond motifs is 1. The van der Waals surface area contributed by atoms with E-state index in [1.54, 1.807) is 37.5 Å². The first-order valence-electron chi connectivity index (χ1n) is 10.1. The zero-order chi connectivity index (χ0) is 22.1. The topological polar surface area (TPSA) is 65.4 Å². The van der Waals surface area contributed by atoms with E-state index in [1.807, 2.05) is 13.0 Å². The monoisotopic (exact) mass is 403 g/mol. The van der Waals surface area contributed by atoms with Crippen LogP contribution < -0.4 is 15.0 Å². The molecule has 0 fully saturated rings. The molecule has 1 amide bonds. The maximum absolute atomic E-state index is 12.7. The third kappa shape index (κ3) is 4.18. The van der Waals surface area contributed by atoms with E-state index in [-0.39, 0.29) is 11.1 Å². The Morgan fingerprint density at radius 3 is 2.73 bits per heavy atom. The molecule has 156 valence electrons. The Bertz CT molecular complexity index is 1050. The molecule has 2 aromatic rings. The molecule has 1 aliphatic rings. The fraction of sp³-hybridized carbons (Fsp3) is 0.360. The van der Waals surface area contributed by atoms with Crippen LogP contribution in [0.4, 0.5) is 11.4 Å². The largest absolute Gasteiger partial charge is 0.497 e. The Morgan fingerprint density at radius 2 is 2.07 bits per heavy atom. The molecular formula is C25H29N3O2. The van der Waals surface area contributed by atoms with Gasteiger partial charge >= 0.3 is 0 Å². The van der Waals surface area contributed by atoms with Crippen LogP contribution in [0.1, 0.15) is 49.8 Å². The summed E-state index contributed by atoms with van der Waals surface area (Å²) >= 11 is 0. The Kier molecular flexibility index (Phi) is 5.89. The second-order valence-electron chi connectivity index (χ2n) is 8.60. The Labute approximate surface area is 179 Å². The summed E-state index contributed by atoms with van der Waals surface area (Å²) in [5.41, 5.74) is 5.13. The lowest BCUT2D eigenvalue weighted by atomic mass is 9.79. The molecule has 3 rings (SSSR count). The second kappa shape index (κ2) is 8.23. The van der Waals surface area contributed by atoms with E-state index < -0.39 is 5.91 Å². The molecule has 0 bridgehead atoms. The zero-order valence-corrected chi connectivity index (χ0v) is 18.5. The van der Waals surface area contributed by atoms with Crippen LogP contribution in [0.25, 0.3) is 6.08 Å². The van der Waals surface area contributed by atoms with Crippen molar-refractivity contribution in [3.05, 3.63) is 58.7 Å². The molecule has 0 saturated heterocycles. The fourth-order valence-corrected chi connectivity index (χ4v) is 4.09. The number of methoxy groups -OCH3 is 1. The third-order valence-corrected chi connectivity index (χ3v) is 6.01. The molecule has 0 aliphatic carbocycles. The van der Waals surface area contributed by atoms with Crippen molar-refractivity contribution in [2.45, 2.75) is 45.6 Å². The quantitative estimate of drug-likeness (QED) is 0.558. The number of anilines is 2.